The zero-order chi connectivity index (χ0) is 13.9. The molecule has 0 unspecified atom stereocenters. The van der Waals surface area contributed by atoms with Crippen molar-refractivity contribution in [2.24, 2.45) is 5.92 Å². The highest BCUT2D eigenvalue weighted by molar-refractivity contribution is 5.98. The molecule has 0 fully saturated rings. The minimum absolute atomic E-state index is 0.127. The highest BCUT2D eigenvalue weighted by atomic mass is 19.4. The Morgan fingerprint density at radius 2 is 1.94 bits per heavy atom. The first-order valence-corrected chi connectivity index (χ1v) is 5.15. The Hall–Kier alpha value is -1.85. The number of halogens is 3. The van der Waals surface area contributed by atoms with Crippen LogP contribution in [0.1, 0.15) is 29.3 Å². The summed E-state index contributed by atoms with van der Waals surface area (Å²) in [5.74, 6) is -2.70. The van der Waals surface area contributed by atoms with Gasteiger partial charge in [0, 0.05) is 12.0 Å². The van der Waals surface area contributed by atoms with Gasteiger partial charge < -0.3 is 5.11 Å². The fraction of sp³-hybridized carbons (Fsp3) is 0.333. The van der Waals surface area contributed by atoms with E-state index >= 15 is 0 Å². The number of carboxylic acid groups (broad SMARTS) is 1. The molecule has 0 bridgehead atoms. The summed E-state index contributed by atoms with van der Waals surface area (Å²) >= 11 is 0. The number of aliphatic carboxylic acids is 1. The second-order valence-corrected chi connectivity index (χ2v) is 3.95. The van der Waals surface area contributed by atoms with Crippen molar-refractivity contribution in [2.75, 3.05) is 0 Å². The molecule has 6 heteroatoms. The van der Waals surface area contributed by atoms with Crippen molar-refractivity contribution in [3.8, 4) is 0 Å². The van der Waals surface area contributed by atoms with E-state index in [9.17, 15) is 22.8 Å². The third-order valence-corrected chi connectivity index (χ3v) is 2.43. The maximum Gasteiger partial charge on any atom is 0.416 e. The van der Waals surface area contributed by atoms with Crippen LogP contribution in [-0.4, -0.2) is 16.9 Å². The lowest BCUT2D eigenvalue weighted by atomic mass is 9.98. The van der Waals surface area contributed by atoms with Crippen LogP contribution >= 0.6 is 0 Å². The maximum absolute atomic E-state index is 12.4. The molecule has 0 amide bonds. The van der Waals surface area contributed by atoms with E-state index < -0.39 is 29.4 Å². The molecular weight excluding hydrogens is 249 g/mol. The van der Waals surface area contributed by atoms with E-state index in [1.807, 2.05) is 0 Å². The van der Waals surface area contributed by atoms with E-state index in [2.05, 4.69) is 0 Å². The number of carboxylic acids is 1. The smallest absolute Gasteiger partial charge is 0.416 e. The average molecular weight is 260 g/mol. The Labute approximate surface area is 101 Å². The van der Waals surface area contributed by atoms with E-state index in [0.717, 1.165) is 18.2 Å². The molecule has 0 aliphatic heterocycles. The maximum atomic E-state index is 12.4. The van der Waals surface area contributed by atoms with Gasteiger partial charge in [-0.25, -0.2) is 0 Å². The number of carbonyl (C=O) groups is 2. The average Bonchev–Trinajstić information content (AvgIpc) is 2.27. The molecule has 0 radical (unpaired) electrons. The molecule has 1 atom stereocenters. The number of hydrogen-bond donors (Lipinski definition) is 1. The summed E-state index contributed by atoms with van der Waals surface area (Å²) in [6.45, 7) is 1.33. The molecule has 1 aromatic carbocycles. The van der Waals surface area contributed by atoms with Gasteiger partial charge in [-0.05, 0) is 12.1 Å². The van der Waals surface area contributed by atoms with Crippen molar-refractivity contribution >= 4 is 11.8 Å². The molecule has 0 aliphatic rings. The summed E-state index contributed by atoms with van der Waals surface area (Å²) in [4.78, 5) is 22.2. The van der Waals surface area contributed by atoms with Crippen LogP contribution in [0.2, 0.25) is 0 Å². The monoisotopic (exact) mass is 260 g/mol. The second-order valence-electron chi connectivity index (χ2n) is 3.95. The fourth-order valence-corrected chi connectivity index (χ4v) is 1.35. The summed E-state index contributed by atoms with van der Waals surface area (Å²) in [6, 6.07) is 3.96. The lowest BCUT2D eigenvalue weighted by molar-refractivity contribution is -0.141. The highest BCUT2D eigenvalue weighted by Crippen LogP contribution is 2.29. The topological polar surface area (TPSA) is 54.4 Å². The van der Waals surface area contributed by atoms with Crippen LogP contribution in [0.25, 0.3) is 0 Å². The molecule has 0 aromatic heterocycles. The van der Waals surface area contributed by atoms with Crippen LogP contribution in [0.5, 0.6) is 0 Å². The zero-order valence-corrected chi connectivity index (χ0v) is 9.49. The minimum atomic E-state index is -4.52. The van der Waals surface area contributed by atoms with Crippen molar-refractivity contribution in [1.82, 2.24) is 0 Å². The summed E-state index contributed by atoms with van der Waals surface area (Å²) in [7, 11) is 0. The highest BCUT2D eigenvalue weighted by Gasteiger charge is 2.31. The molecule has 0 aliphatic carbocycles. The molecule has 98 valence electrons. The van der Waals surface area contributed by atoms with Crippen LogP contribution < -0.4 is 0 Å². The lowest BCUT2D eigenvalue weighted by Crippen LogP contribution is -2.15. The van der Waals surface area contributed by atoms with Gasteiger partial charge in [0.1, 0.15) is 0 Å². The van der Waals surface area contributed by atoms with Gasteiger partial charge >= 0.3 is 12.1 Å². The van der Waals surface area contributed by atoms with Gasteiger partial charge in [-0.2, -0.15) is 13.2 Å². The fourth-order valence-electron chi connectivity index (χ4n) is 1.35. The lowest BCUT2D eigenvalue weighted by Gasteiger charge is -2.09. The first kappa shape index (κ1) is 14.2. The first-order valence-electron chi connectivity index (χ1n) is 5.15. The standard InChI is InChI=1S/C12H11F3O3/c1-7(11(17)18)5-10(16)8-3-2-4-9(6-8)12(13,14)15/h2-4,6-7H,5H2,1H3,(H,17,18)/t7-/m0/s1. The van der Waals surface area contributed by atoms with E-state index in [1.54, 1.807) is 0 Å². The molecular formula is C12H11F3O3. The van der Waals surface area contributed by atoms with Crippen LogP contribution in [0.3, 0.4) is 0 Å². The predicted octanol–water partition coefficient (Wildman–Crippen LogP) is 3.00. The third kappa shape index (κ3) is 3.58. The van der Waals surface area contributed by atoms with Gasteiger partial charge in [-0.15, -0.1) is 0 Å². The number of rotatable bonds is 4. The van der Waals surface area contributed by atoms with Gasteiger partial charge in [0.2, 0.25) is 0 Å². The molecule has 0 heterocycles. The zero-order valence-electron chi connectivity index (χ0n) is 9.49. The number of alkyl halides is 3. The van der Waals surface area contributed by atoms with E-state index in [1.165, 1.54) is 13.0 Å². The normalized spacial score (nSPS) is 13.1. The van der Waals surface area contributed by atoms with Gasteiger partial charge in [0.15, 0.2) is 5.78 Å². The summed E-state index contributed by atoms with van der Waals surface area (Å²) < 4.78 is 37.2. The van der Waals surface area contributed by atoms with Crippen molar-refractivity contribution in [3.05, 3.63) is 35.4 Å². The van der Waals surface area contributed by atoms with E-state index in [0.29, 0.717) is 0 Å². The number of hydrogen-bond acceptors (Lipinski definition) is 2. The molecule has 18 heavy (non-hydrogen) atoms. The third-order valence-electron chi connectivity index (χ3n) is 2.43. The van der Waals surface area contributed by atoms with Crippen LogP contribution in [0.15, 0.2) is 24.3 Å². The van der Waals surface area contributed by atoms with Gasteiger partial charge in [0.05, 0.1) is 11.5 Å². The minimum Gasteiger partial charge on any atom is -0.481 e. The van der Waals surface area contributed by atoms with Gasteiger partial charge in [-0.1, -0.05) is 19.1 Å². The predicted molar refractivity (Wildman–Crippen MR) is 57.2 cm³/mol. The van der Waals surface area contributed by atoms with Crippen molar-refractivity contribution in [1.29, 1.82) is 0 Å². The quantitative estimate of drug-likeness (QED) is 0.846. The Balaban J connectivity index is 2.91. The molecule has 3 nitrogen and oxygen atoms in total. The second kappa shape index (κ2) is 5.20. The van der Waals surface area contributed by atoms with Crippen LogP contribution in [-0.2, 0) is 11.0 Å². The Kier molecular flexibility index (Phi) is 4.11. The first-order chi connectivity index (χ1) is 8.21. The summed E-state index contributed by atoms with van der Waals surface area (Å²) in [5.41, 5.74) is -1.05. The molecule has 1 N–H and O–H groups in total. The molecule has 1 aromatic rings. The van der Waals surface area contributed by atoms with E-state index in [-0.39, 0.29) is 12.0 Å². The number of ketones is 1. The number of Topliss-reactive ketones (excluding diaryl/α,β-unsaturated/α-hetero) is 1. The van der Waals surface area contributed by atoms with Gasteiger partial charge in [0.25, 0.3) is 0 Å². The van der Waals surface area contributed by atoms with Crippen molar-refractivity contribution in [2.45, 2.75) is 19.5 Å². The van der Waals surface area contributed by atoms with Crippen LogP contribution in [0, 0.1) is 5.92 Å². The van der Waals surface area contributed by atoms with Crippen molar-refractivity contribution in [3.63, 3.8) is 0 Å². The SMILES string of the molecule is C[C@@H](CC(=O)c1cccc(C(F)(F)F)c1)C(=O)O. The molecule has 0 saturated heterocycles. The number of carbonyl (C=O) groups excluding carboxylic acids is 1. The molecule has 0 spiro atoms. The Bertz CT molecular complexity index is 466. The number of benzene rings is 1. The molecule has 0 saturated carbocycles. The van der Waals surface area contributed by atoms with Crippen molar-refractivity contribution < 1.29 is 27.9 Å². The van der Waals surface area contributed by atoms with Gasteiger partial charge in [-0.3, -0.25) is 9.59 Å². The summed E-state index contributed by atoms with van der Waals surface area (Å²) in [6.07, 6.45) is -4.84. The Morgan fingerprint density at radius 3 is 2.44 bits per heavy atom. The Morgan fingerprint density at radius 1 is 1.33 bits per heavy atom. The molecule has 1 rings (SSSR count). The van der Waals surface area contributed by atoms with E-state index in [4.69, 9.17) is 5.11 Å². The van der Waals surface area contributed by atoms with Crippen LogP contribution in [0.4, 0.5) is 13.2 Å². The largest absolute Gasteiger partial charge is 0.481 e. The summed E-state index contributed by atoms with van der Waals surface area (Å²) in [5, 5.41) is 8.63.